The summed E-state index contributed by atoms with van der Waals surface area (Å²) in [4.78, 5) is 16.0. The molecule has 0 bridgehead atoms. The minimum Gasteiger partial charge on any atom is -0.337 e. The van der Waals surface area contributed by atoms with E-state index in [-0.39, 0.29) is 11.1 Å². The van der Waals surface area contributed by atoms with Crippen molar-refractivity contribution in [2.75, 3.05) is 0 Å². The molecular weight excluding hydrogens is 333 g/mol. The number of nitrogens with one attached hydrogen (secondary N) is 1. The smallest absolute Gasteiger partial charge is 0.337 e. The van der Waals surface area contributed by atoms with Crippen LogP contribution in [0.3, 0.4) is 0 Å². The Morgan fingerprint density at radius 3 is 2.60 bits per heavy atom. The van der Waals surface area contributed by atoms with Gasteiger partial charge in [-0.15, -0.1) is 0 Å². The monoisotopic (exact) mass is 346 g/mol. The fourth-order valence-corrected chi connectivity index (χ4v) is 2.33. The highest BCUT2D eigenvalue weighted by molar-refractivity contribution is 5.95. The first-order valence-corrected chi connectivity index (χ1v) is 7.33. The molecule has 0 aliphatic carbocycles. The zero-order valence-electron chi connectivity index (χ0n) is 12.8. The van der Waals surface area contributed by atoms with Gasteiger partial charge in [-0.3, -0.25) is 9.78 Å². The maximum Gasteiger partial charge on any atom is 0.412 e. The summed E-state index contributed by atoms with van der Waals surface area (Å²) in [6.45, 7) is 0. The molecule has 0 fully saturated rings. The molecule has 0 aliphatic rings. The van der Waals surface area contributed by atoms with E-state index in [1.54, 1.807) is 30.6 Å². The van der Waals surface area contributed by atoms with Crippen LogP contribution in [0.5, 0.6) is 0 Å². The Labute approximate surface area is 141 Å². The van der Waals surface area contributed by atoms with Crippen molar-refractivity contribution in [2.45, 2.75) is 12.2 Å². The number of alkyl halides is 3. The van der Waals surface area contributed by atoms with Crippen LogP contribution < -0.4 is 5.32 Å². The molecule has 2 aromatic heterocycles. The van der Waals surface area contributed by atoms with Crippen LogP contribution in [0.4, 0.5) is 13.2 Å². The zero-order chi connectivity index (χ0) is 17.9. The maximum absolute atomic E-state index is 13.3. The minimum atomic E-state index is -4.64. The molecule has 1 unspecified atom stereocenters. The Bertz CT molecular complexity index is 848. The van der Waals surface area contributed by atoms with Crippen LogP contribution >= 0.6 is 0 Å². The molecule has 0 radical (unpaired) electrons. The summed E-state index contributed by atoms with van der Waals surface area (Å²) < 4.78 is 41.5. The predicted molar refractivity (Wildman–Crippen MR) is 84.1 cm³/mol. The van der Waals surface area contributed by atoms with Crippen LogP contribution in [-0.2, 0) is 0 Å². The van der Waals surface area contributed by atoms with Crippen molar-refractivity contribution < 1.29 is 18.0 Å². The first-order valence-electron chi connectivity index (χ1n) is 7.33. The van der Waals surface area contributed by atoms with Crippen LogP contribution in [0.2, 0.25) is 0 Å². The lowest BCUT2D eigenvalue weighted by atomic mass is 10.1. The van der Waals surface area contributed by atoms with Gasteiger partial charge in [0, 0.05) is 35.9 Å². The van der Waals surface area contributed by atoms with E-state index in [4.69, 9.17) is 0 Å². The summed E-state index contributed by atoms with van der Waals surface area (Å²) in [7, 11) is 0. The Kier molecular flexibility index (Phi) is 4.51. The van der Waals surface area contributed by atoms with Crippen molar-refractivity contribution in [1.82, 2.24) is 20.1 Å². The molecule has 1 amide bonds. The molecule has 5 nitrogen and oxygen atoms in total. The molecule has 25 heavy (non-hydrogen) atoms. The lowest BCUT2D eigenvalue weighted by Crippen LogP contribution is -2.38. The standard InChI is InChI=1S/C17H13F3N4O/c18-17(19,20)15(13-5-2-7-21-11-13)23-16(25)12-4-1-6-14(10-12)24-9-3-8-22-24/h1-11,15H,(H,23,25). The summed E-state index contributed by atoms with van der Waals surface area (Å²) in [6, 6.07) is 8.42. The van der Waals surface area contributed by atoms with Gasteiger partial charge in [-0.1, -0.05) is 12.1 Å². The van der Waals surface area contributed by atoms with Crippen LogP contribution in [0, 0.1) is 0 Å². The van der Waals surface area contributed by atoms with Crippen molar-refractivity contribution in [1.29, 1.82) is 0 Å². The number of pyridine rings is 1. The van der Waals surface area contributed by atoms with E-state index in [1.165, 1.54) is 35.1 Å². The van der Waals surface area contributed by atoms with E-state index in [0.717, 1.165) is 6.20 Å². The van der Waals surface area contributed by atoms with Crippen LogP contribution in [0.1, 0.15) is 22.0 Å². The molecule has 0 saturated heterocycles. The van der Waals surface area contributed by atoms with Crippen LogP contribution in [-0.4, -0.2) is 26.8 Å². The molecule has 0 spiro atoms. The van der Waals surface area contributed by atoms with Gasteiger partial charge in [0.1, 0.15) is 0 Å². The van der Waals surface area contributed by atoms with E-state index in [1.807, 2.05) is 5.32 Å². The fraction of sp³-hybridized carbons (Fsp3) is 0.118. The molecule has 3 aromatic rings. The quantitative estimate of drug-likeness (QED) is 0.788. The number of amides is 1. The number of rotatable bonds is 4. The number of benzene rings is 1. The summed E-state index contributed by atoms with van der Waals surface area (Å²) >= 11 is 0. The zero-order valence-corrected chi connectivity index (χ0v) is 12.8. The second-order valence-corrected chi connectivity index (χ2v) is 5.24. The molecule has 8 heteroatoms. The third-order valence-electron chi connectivity index (χ3n) is 3.50. The van der Waals surface area contributed by atoms with Gasteiger partial charge in [-0.2, -0.15) is 18.3 Å². The first-order chi connectivity index (χ1) is 11.9. The number of aromatic nitrogens is 3. The number of halogens is 3. The Morgan fingerprint density at radius 2 is 1.96 bits per heavy atom. The normalized spacial score (nSPS) is 12.6. The SMILES string of the molecule is O=C(NC(c1cccnc1)C(F)(F)F)c1cccc(-n2cccn2)c1. The Morgan fingerprint density at radius 1 is 1.12 bits per heavy atom. The molecule has 1 N–H and O–H groups in total. The first kappa shape index (κ1) is 16.7. The van der Waals surface area contributed by atoms with E-state index < -0.39 is 18.1 Å². The number of hydrogen-bond donors (Lipinski definition) is 1. The average molecular weight is 346 g/mol. The second kappa shape index (κ2) is 6.76. The lowest BCUT2D eigenvalue weighted by Gasteiger charge is -2.21. The highest BCUT2D eigenvalue weighted by atomic mass is 19.4. The third-order valence-corrected chi connectivity index (χ3v) is 3.50. The second-order valence-electron chi connectivity index (χ2n) is 5.24. The molecule has 0 saturated carbocycles. The van der Waals surface area contributed by atoms with Gasteiger partial charge in [-0.25, -0.2) is 4.68 Å². The van der Waals surface area contributed by atoms with Crippen molar-refractivity contribution in [3.05, 3.63) is 78.4 Å². The van der Waals surface area contributed by atoms with E-state index in [9.17, 15) is 18.0 Å². The molecule has 0 aliphatic heterocycles. The maximum atomic E-state index is 13.3. The summed E-state index contributed by atoms with van der Waals surface area (Å²) in [5.74, 6) is -0.833. The predicted octanol–water partition coefficient (Wildman–Crippen LogP) is 3.30. The van der Waals surface area contributed by atoms with Crippen molar-refractivity contribution in [3.8, 4) is 5.69 Å². The topological polar surface area (TPSA) is 59.8 Å². The van der Waals surface area contributed by atoms with E-state index in [0.29, 0.717) is 5.69 Å². The summed E-state index contributed by atoms with van der Waals surface area (Å²) in [5.41, 5.74) is 0.542. The van der Waals surface area contributed by atoms with Gasteiger partial charge in [0.05, 0.1) is 5.69 Å². The van der Waals surface area contributed by atoms with Crippen LogP contribution in [0.15, 0.2) is 67.3 Å². The molecular formula is C17H13F3N4O. The average Bonchev–Trinajstić information content (AvgIpc) is 3.14. The minimum absolute atomic E-state index is 0.103. The molecule has 1 atom stereocenters. The number of nitrogens with zero attached hydrogens (tertiary/aromatic N) is 3. The molecule has 128 valence electrons. The van der Waals surface area contributed by atoms with Crippen LogP contribution in [0.25, 0.3) is 5.69 Å². The largest absolute Gasteiger partial charge is 0.412 e. The van der Waals surface area contributed by atoms with E-state index >= 15 is 0 Å². The number of carbonyl (C=O) groups excluding carboxylic acids is 1. The number of carbonyl (C=O) groups is 1. The van der Waals surface area contributed by atoms with Crippen molar-refractivity contribution in [3.63, 3.8) is 0 Å². The highest BCUT2D eigenvalue weighted by Gasteiger charge is 2.42. The third kappa shape index (κ3) is 3.85. The van der Waals surface area contributed by atoms with Crippen molar-refractivity contribution in [2.24, 2.45) is 0 Å². The molecule has 1 aromatic carbocycles. The summed E-state index contributed by atoms with van der Waals surface area (Å²) in [6.07, 6.45) is 1.04. The molecule has 2 heterocycles. The van der Waals surface area contributed by atoms with Gasteiger partial charge in [0.25, 0.3) is 5.91 Å². The molecule has 3 rings (SSSR count). The fourth-order valence-electron chi connectivity index (χ4n) is 2.33. The highest BCUT2D eigenvalue weighted by Crippen LogP contribution is 2.32. The summed E-state index contributed by atoms with van der Waals surface area (Å²) in [5, 5.41) is 6.06. The Balaban J connectivity index is 1.86. The number of hydrogen-bond acceptors (Lipinski definition) is 3. The van der Waals surface area contributed by atoms with E-state index in [2.05, 4.69) is 10.1 Å². The van der Waals surface area contributed by atoms with Gasteiger partial charge in [0.15, 0.2) is 6.04 Å². The lowest BCUT2D eigenvalue weighted by molar-refractivity contribution is -0.155. The van der Waals surface area contributed by atoms with Gasteiger partial charge < -0.3 is 5.32 Å². The van der Waals surface area contributed by atoms with Gasteiger partial charge in [-0.05, 0) is 30.3 Å². The van der Waals surface area contributed by atoms with Gasteiger partial charge in [0.2, 0.25) is 0 Å². The van der Waals surface area contributed by atoms with Crippen molar-refractivity contribution >= 4 is 5.91 Å². The Hall–Kier alpha value is -3.16. The van der Waals surface area contributed by atoms with Gasteiger partial charge >= 0.3 is 6.18 Å².